The average Bonchev–Trinajstić information content (AvgIpc) is 4.02. The Balaban J connectivity index is 1.19. The zero-order chi connectivity index (χ0) is 41.4. The van der Waals surface area contributed by atoms with E-state index < -0.39 is 0 Å². The average molecular weight is 821 g/mol. The maximum atomic E-state index is 5.48. The number of rotatable bonds is 6. The summed E-state index contributed by atoms with van der Waals surface area (Å²) in [6.07, 6.45) is 0. The van der Waals surface area contributed by atoms with E-state index >= 15 is 0 Å². The summed E-state index contributed by atoms with van der Waals surface area (Å²) in [7, 11) is 0. The van der Waals surface area contributed by atoms with Crippen molar-refractivity contribution in [1.82, 2.24) is 19.1 Å². The molecule has 0 bridgehead atoms. The highest BCUT2D eigenvalue weighted by molar-refractivity contribution is 7.26. The zero-order valence-corrected chi connectivity index (χ0v) is 34.8. The van der Waals surface area contributed by atoms with E-state index in [0.29, 0.717) is 5.82 Å². The molecule has 0 amide bonds. The summed E-state index contributed by atoms with van der Waals surface area (Å²) in [5.74, 6) is 0.716. The molecule has 4 nitrogen and oxygen atoms in total. The molecule has 0 aliphatic carbocycles. The van der Waals surface area contributed by atoms with Crippen LogP contribution in [0.4, 0.5) is 0 Å². The molecule has 4 heterocycles. The molecule has 4 aromatic heterocycles. The first-order valence-electron chi connectivity index (χ1n) is 21.3. The lowest BCUT2D eigenvalue weighted by molar-refractivity contribution is 1.17. The number of benzene rings is 9. The van der Waals surface area contributed by atoms with Gasteiger partial charge in [0.1, 0.15) is 0 Å². The second-order valence-electron chi connectivity index (χ2n) is 16.1. The second-order valence-corrected chi connectivity index (χ2v) is 17.1. The molecular weight excluding hydrogens is 785 g/mol. The van der Waals surface area contributed by atoms with Crippen molar-refractivity contribution in [2.45, 2.75) is 0 Å². The SMILES string of the molecule is c1ccc(-c2nc(-c3cc(-c4ccccc4)c(-n4c5ccccc5c5c4ccc4c6ccccc6n(-c6ccccc6)c45)c(-c4ccccc4)c3)c3sc4ccccc4c3n2)cc1. The van der Waals surface area contributed by atoms with Crippen molar-refractivity contribution in [2.75, 3.05) is 0 Å². The van der Waals surface area contributed by atoms with Crippen molar-refractivity contribution >= 4 is 75.3 Å². The van der Waals surface area contributed by atoms with Gasteiger partial charge in [-0.2, -0.15) is 0 Å². The number of hydrogen-bond donors (Lipinski definition) is 0. The number of nitrogens with zero attached hydrogens (tertiary/aromatic N) is 4. The van der Waals surface area contributed by atoms with Crippen LogP contribution in [0.15, 0.2) is 218 Å². The molecule has 0 fully saturated rings. The van der Waals surface area contributed by atoms with Gasteiger partial charge in [-0.25, -0.2) is 9.97 Å². The molecule has 0 atom stereocenters. The lowest BCUT2D eigenvalue weighted by Crippen LogP contribution is -2.02. The zero-order valence-electron chi connectivity index (χ0n) is 34.0. The van der Waals surface area contributed by atoms with E-state index in [1.54, 1.807) is 11.3 Å². The summed E-state index contributed by atoms with van der Waals surface area (Å²) in [6, 6.07) is 78.6. The fraction of sp³-hybridized carbons (Fsp3) is 0. The molecule has 0 spiro atoms. The summed E-state index contributed by atoms with van der Waals surface area (Å²) in [5.41, 5.74) is 15.4. The predicted molar refractivity (Wildman–Crippen MR) is 265 cm³/mol. The van der Waals surface area contributed by atoms with Gasteiger partial charge < -0.3 is 9.13 Å². The van der Waals surface area contributed by atoms with Gasteiger partial charge in [0.2, 0.25) is 0 Å². The summed E-state index contributed by atoms with van der Waals surface area (Å²) in [6.45, 7) is 0. The molecule has 0 saturated carbocycles. The van der Waals surface area contributed by atoms with Crippen LogP contribution in [0.5, 0.6) is 0 Å². The summed E-state index contributed by atoms with van der Waals surface area (Å²) in [4.78, 5) is 10.8. The minimum Gasteiger partial charge on any atom is -0.309 e. The van der Waals surface area contributed by atoms with Crippen LogP contribution in [0, 0.1) is 0 Å². The quantitative estimate of drug-likeness (QED) is 0.167. The Morgan fingerprint density at radius 3 is 1.59 bits per heavy atom. The third-order valence-corrected chi connectivity index (χ3v) is 13.7. The maximum Gasteiger partial charge on any atom is 0.160 e. The Hall–Kier alpha value is -8.12. The first kappa shape index (κ1) is 35.6. The molecule has 63 heavy (non-hydrogen) atoms. The van der Waals surface area contributed by atoms with E-state index in [9.17, 15) is 0 Å². The topological polar surface area (TPSA) is 35.6 Å². The molecule has 13 rings (SSSR count). The predicted octanol–water partition coefficient (Wildman–Crippen LogP) is 15.7. The van der Waals surface area contributed by atoms with Gasteiger partial charge in [0.15, 0.2) is 5.82 Å². The highest BCUT2D eigenvalue weighted by Gasteiger charge is 2.26. The Morgan fingerprint density at radius 2 is 0.921 bits per heavy atom. The van der Waals surface area contributed by atoms with E-state index in [0.717, 1.165) is 77.1 Å². The number of aromatic nitrogens is 4. The van der Waals surface area contributed by atoms with Crippen molar-refractivity contribution in [3.8, 4) is 56.3 Å². The highest BCUT2D eigenvalue weighted by Crippen LogP contribution is 2.48. The molecule has 0 saturated heterocycles. The van der Waals surface area contributed by atoms with Crippen molar-refractivity contribution in [1.29, 1.82) is 0 Å². The fourth-order valence-electron chi connectivity index (χ4n) is 9.79. The smallest absolute Gasteiger partial charge is 0.160 e. The van der Waals surface area contributed by atoms with E-state index in [1.807, 2.05) is 6.07 Å². The minimum atomic E-state index is 0.716. The fourth-order valence-corrected chi connectivity index (χ4v) is 10.9. The molecule has 9 aromatic carbocycles. The molecule has 0 aliphatic heterocycles. The van der Waals surface area contributed by atoms with Gasteiger partial charge in [-0.15, -0.1) is 11.3 Å². The highest BCUT2D eigenvalue weighted by atomic mass is 32.1. The lowest BCUT2D eigenvalue weighted by Gasteiger charge is -2.21. The molecular formula is C58H36N4S. The number of hydrogen-bond acceptors (Lipinski definition) is 3. The van der Waals surface area contributed by atoms with Crippen LogP contribution in [0.2, 0.25) is 0 Å². The lowest BCUT2D eigenvalue weighted by atomic mass is 9.91. The number of para-hydroxylation sites is 3. The second kappa shape index (κ2) is 14.2. The third-order valence-electron chi connectivity index (χ3n) is 12.5. The van der Waals surface area contributed by atoms with E-state index in [1.165, 1.54) is 37.3 Å². The van der Waals surface area contributed by atoms with Gasteiger partial charge in [-0.05, 0) is 59.7 Å². The molecule has 0 unspecified atom stereocenters. The Kier molecular flexibility index (Phi) is 8.05. The van der Waals surface area contributed by atoms with Gasteiger partial charge >= 0.3 is 0 Å². The standard InChI is InChI=1S/C58H36N4S/c1-5-19-37(20-6-1)46-35-40(53-57-54(45-29-15-18-32-51(45)63-57)60-58(59-53)39-23-9-3-10-24-39)36-47(38-21-7-2-8-22-38)55(46)62-49-31-17-14-28-44(49)52-50(62)34-33-43-42-27-13-16-30-48(42)61(56(43)52)41-25-11-4-12-26-41/h1-36H. The maximum absolute atomic E-state index is 5.48. The van der Waals surface area contributed by atoms with E-state index in [4.69, 9.17) is 9.97 Å². The summed E-state index contributed by atoms with van der Waals surface area (Å²) in [5, 5.41) is 6.04. The van der Waals surface area contributed by atoms with Gasteiger partial charge in [0.25, 0.3) is 0 Å². The van der Waals surface area contributed by atoms with Gasteiger partial charge in [0.05, 0.1) is 43.7 Å². The van der Waals surface area contributed by atoms with Gasteiger partial charge in [-0.3, -0.25) is 0 Å². The molecule has 0 radical (unpaired) electrons. The van der Waals surface area contributed by atoms with E-state index in [-0.39, 0.29) is 0 Å². The minimum absolute atomic E-state index is 0.716. The Bertz CT molecular complexity index is 3820. The normalized spacial score (nSPS) is 11.8. The first-order chi connectivity index (χ1) is 31.3. The van der Waals surface area contributed by atoms with Crippen molar-refractivity contribution in [2.24, 2.45) is 0 Å². The van der Waals surface area contributed by atoms with Crippen LogP contribution in [0.3, 0.4) is 0 Å². The molecule has 0 aliphatic rings. The summed E-state index contributed by atoms with van der Waals surface area (Å²) < 4.78 is 7.25. The largest absolute Gasteiger partial charge is 0.309 e. The van der Waals surface area contributed by atoms with Crippen LogP contribution in [-0.2, 0) is 0 Å². The summed E-state index contributed by atoms with van der Waals surface area (Å²) >= 11 is 1.77. The molecule has 0 N–H and O–H groups in total. The van der Waals surface area contributed by atoms with Crippen LogP contribution < -0.4 is 0 Å². The first-order valence-corrected chi connectivity index (χ1v) is 22.2. The number of fused-ring (bicyclic) bond motifs is 10. The Labute approximate surface area is 367 Å². The molecule has 294 valence electrons. The molecule has 5 heteroatoms. The van der Waals surface area contributed by atoms with Crippen LogP contribution in [0.1, 0.15) is 0 Å². The van der Waals surface area contributed by atoms with Crippen molar-refractivity contribution in [3.63, 3.8) is 0 Å². The third kappa shape index (κ3) is 5.53. The van der Waals surface area contributed by atoms with Gasteiger partial charge in [-0.1, -0.05) is 170 Å². The monoisotopic (exact) mass is 820 g/mol. The van der Waals surface area contributed by atoms with Crippen LogP contribution >= 0.6 is 11.3 Å². The van der Waals surface area contributed by atoms with Crippen molar-refractivity contribution < 1.29 is 0 Å². The Morgan fingerprint density at radius 1 is 0.381 bits per heavy atom. The van der Waals surface area contributed by atoms with Crippen LogP contribution in [-0.4, -0.2) is 19.1 Å². The number of thiophene rings is 1. The van der Waals surface area contributed by atoms with Gasteiger partial charge in [0, 0.05) is 59.6 Å². The van der Waals surface area contributed by atoms with Crippen LogP contribution in [0.25, 0.3) is 120 Å². The van der Waals surface area contributed by atoms with E-state index in [2.05, 4.69) is 221 Å². The van der Waals surface area contributed by atoms with Crippen molar-refractivity contribution in [3.05, 3.63) is 218 Å². The molecule has 13 aromatic rings.